The zero-order valence-electron chi connectivity index (χ0n) is 8.27. The van der Waals surface area contributed by atoms with Gasteiger partial charge in [-0.15, -0.1) is 0 Å². The minimum atomic E-state index is -3.17. The fourth-order valence-electron chi connectivity index (χ4n) is 1.03. The van der Waals surface area contributed by atoms with Gasteiger partial charge in [0.25, 0.3) is 0 Å². The van der Waals surface area contributed by atoms with E-state index in [1.165, 1.54) is 17.6 Å². The molecule has 0 saturated heterocycles. The van der Waals surface area contributed by atoms with Crippen molar-refractivity contribution >= 4 is 15.7 Å². The highest BCUT2D eigenvalue weighted by Crippen LogP contribution is 2.15. The molecule has 0 saturated carbocycles. The molecule has 1 aromatic rings. The van der Waals surface area contributed by atoms with Crippen molar-refractivity contribution in [2.45, 2.75) is 6.54 Å². The Morgan fingerprint density at radius 3 is 2.14 bits per heavy atom. The van der Waals surface area contributed by atoms with E-state index >= 15 is 0 Å². The first-order valence-electron chi connectivity index (χ1n) is 4.18. The minimum absolute atomic E-state index is 0.461. The number of anilines is 1. The van der Waals surface area contributed by atoms with E-state index < -0.39 is 10.0 Å². The number of nitrogens with two attached hydrogens (primary N) is 1. The number of benzene rings is 1. The molecule has 2 N–H and O–H groups in total. The van der Waals surface area contributed by atoms with Crippen LogP contribution < -0.4 is 10.0 Å². The third kappa shape index (κ3) is 2.46. The third-order valence-electron chi connectivity index (χ3n) is 2.03. The Labute approximate surface area is 84.4 Å². The number of hydrogen-bond donors (Lipinski definition) is 1. The monoisotopic (exact) mass is 214 g/mol. The van der Waals surface area contributed by atoms with Gasteiger partial charge in [-0.05, 0) is 17.7 Å². The van der Waals surface area contributed by atoms with E-state index in [4.69, 9.17) is 5.73 Å². The first kappa shape index (κ1) is 11.0. The summed E-state index contributed by atoms with van der Waals surface area (Å²) in [5.74, 6) is 0. The van der Waals surface area contributed by atoms with Gasteiger partial charge in [0, 0.05) is 13.6 Å². The van der Waals surface area contributed by atoms with Gasteiger partial charge in [0.15, 0.2) is 0 Å². The Hall–Kier alpha value is -1.07. The summed E-state index contributed by atoms with van der Waals surface area (Å²) in [7, 11) is -1.65. The molecule has 1 aromatic carbocycles. The van der Waals surface area contributed by atoms with Crippen LogP contribution in [0.2, 0.25) is 0 Å². The number of sulfonamides is 1. The van der Waals surface area contributed by atoms with E-state index in [9.17, 15) is 8.42 Å². The molecule has 14 heavy (non-hydrogen) atoms. The third-order valence-corrected chi connectivity index (χ3v) is 3.24. The van der Waals surface area contributed by atoms with Crippen molar-refractivity contribution in [2.24, 2.45) is 5.73 Å². The second kappa shape index (κ2) is 3.98. The van der Waals surface area contributed by atoms with Crippen molar-refractivity contribution in [1.29, 1.82) is 0 Å². The molecular formula is C9H14N2O2S. The van der Waals surface area contributed by atoms with Crippen LogP contribution in [-0.2, 0) is 16.6 Å². The van der Waals surface area contributed by atoms with Crippen LogP contribution in [0.1, 0.15) is 5.56 Å². The maximum absolute atomic E-state index is 11.2. The molecule has 0 atom stereocenters. The van der Waals surface area contributed by atoms with Crippen LogP contribution in [0.15, 0.2) is 24.3 Å². The van der Waals surface area contributed by atoms with Gasteiger partial charge in [0.1, 0.15) is 0 Å². The molecule has 0 unspecified atom stereocenters. The Balaban J connectivity index is 2.98. The zero-order chi connectivity index (χ0) is 10.8. The van der Waals surface area contributed by atoms with Gasteiger partial charge in [0.2, 0.25) is 10.0 Å². The van der Waals surface area contributed by atoms with Crippen LogP contribution in [0.5, 0.6) is 0 Å². The van der Waals surface area contributed by atoms with Gasteiger partial charge < -0.3 is 5.73 Å². The molecule has 0 aliphatic carbocycles. The van der Waals surface area contributed by atoms with Crippen molar-refractivity contribution in [3.05, 3.63) is 29.8 Å². The Morgan fingerprint density at radius 2 is 1.79 bits per heavy atom. The maximum atomic E-state index is 11.2. The van der Waals surface area contributed by atoms with Crippen LogP contribution in [0, 0.1) is 0 Å². The molecular weight excluding hydrogens is 200 g/mol. The van der Waals surface area contributed by atoms with Crippen molar-refractivity contribution in [1.82, 2.24) is 0 Å². The summed E-state index contributed by atoms with van der Waals surface area (Å²) < 4.78 is 23.6. The first-order valence-corrected chi connectivity index (χ1v) is 6.03. The highest BCUT2D eigenvalue weighted by atomic mass is 32.2. The molecule has 0 bridgehead atoms. The topological polar surface area (TPSA) is 63.4 Å². The summed E-state index contributed by atoms with van der Waals surface area (Å²) in [6, 6.07) is 7.11. The van der Waals surface area contributed by atoms with E-state index in [0.717, 1.165) is 5.56 Å². The number of nitrogens with zero attached hydrogens (tertiary/aromatic N) is 1. The molecule has 0 fully saturated rings. The molecule has 0 heterocycles. The average Bonchev–Trinajstić information content (AvgIpc) is 2.15. The van der Waals surface area contributed by atoms with E-state index in [0.29, 0.717) is 12.2 Å². The quantitative estimate of drug-likeness (QED) is 0.798. The lowest BCUT2D eigenvalue weighted by molar-refractivity contribution is 0.600. The van der Waals surface area contributed by atoms with Gasteiger partial charge >= 0.3 is 0 Å². The second-order valence-corrected chi connectivity index (χ2v) is 5.11. The predicted molar refractivity (Wildman–Crippen MR) is 57.6 cm³/mol. The SMILES string of the molecule is CN(c1ccc(CN)cc1)S(C)(=O)=O. The van der Waals surface area contributed by atoms with E-state index in [1.54, 1.807) is 12.1 Å². The van der Waals surface area contributed by atoms with Crippen LogP contribution in [0.4, 0.5) is 5.69 Å². The summed E-state index contributed by atoms with van der Waals surface area (Å²) in [5.41, 5.74) is 7.06. The fraction of sp³-hybridized carbons (Fsp3) is 0.333. The number of rotatable bonds is 3. The van der Waals surface area contributed by atoms with E-state index in [-0.39, 0.29) is 0 Å². The smallest absolute Gasteiger partial charge is 0.231 e. The van der Waals surface area contributed by atoms with Crippen molar-refractivity contribution in [2.75, 3.05) is 17.6 Å². The molecule has 0 radical (unpaired) electrons. The van der Waals surface area contributed by atoms with Gasteiger partial charge in [0.05, 0.1) is 11.9 Å². The van der Waals surface area contributed by atoms with Crippen molar-refractivity contribution in [3.8, 4) is 0 Å². The van der Waals surface area contributed by atoms with Crippen molar-refractivity contribution < 1.29 is 8.42 Å². The summed E-state index contributed by atoms with van der Waals surface area (Å²) in [6.45, 7) is 0.461. The zero-order valence-corrected chi connectivity index (χ0v) is 9.08. The molecule has 78 valence electrons. The van der Waals surface area contributed by atoms with Crippen LogP contribution in [-0.4, -0.2) is 21.7 Å². The lowest BCUT2D eigenvalue weighted by Crippen LogP contribution is -2.24. The Morgan fingerprint density at radius 1 is 1.29 bits per heavy atom. The number of hydrogen-bond acceptors (Lipinski definition) is 3. The van der Waals surface area contributed by atoms with Crippen LogP contribution in [0.3, 0.4) is 0 Å². The van der Waals surface area contributed by atoms with Gasteiger partial charge in [-0.3, -0.25) is 4.31 Å². The Bertz CT molecular complexity index is 397. The average molecular weight is 214 g/mol. The summed E-state index contributed by atoms with van der Waals surface area (Å²) >= 11 is 0. The Kier molecular flexibility index (Phi) is 3.13. The molecule has 0 amide bonds. The molecule has 0 aliphatic rings. The molecule has 0 aromatic heterocycles. The highest BCUT2D eigenvalue weighted by Gasteiger charge is 2.10. The first-order chi connectivity index (χ1) is 6.45. The molecule has 4 nitrogen and oxygen atoms in total. The molecule has 0 aliphatic heterocycles. The highest BCUT2D eigenvalue weighted by molar-refractivity contribution is 7.92. The lowest BCUT2D eigenvalue weighted by atomic mass is 10.2. The molecule has 5 heteroatoms. The summed E-state index contributed by atoms with van der Waals surface area (Å²) in [5, 5.41) is 0. The predicted octanol–water partition coefficient (Wildman–Crippen LogP) is 0.541. The van der Waals surface area contributed by atoms with E-state index in [1.807, 2.05) is 12.1 Å². The molecule has 0 spiro atoms. The molecule has 1 rings (SSSR count). The fourth-order valence-corrected chi connectivity index (χ4v) is 1.54. The van der Waals surface area contributed by atoms with Gasteiger partial charge in [-0.25, -0.2) is 8.42 Å². The second-order valence-electron chi connectivity index (χ2n) is 3.10. The standard InChI is InChI=1S/C9H14N2O2S/c1-11(14(2,12)13)9-5-3-8(7-10)4-6-9/h3-6H,7,10H2,1-2H3. The lowest BCUT2D eigenvalue weighted by Gasteiger charge is -2.16. The van der Waals surface area contributed by atoms with E-state index in [2.05, 4.69) is 0 Å². The maximum Gasteiger partial charge on any atom is 0.231 e. The minimum Gasteiger partial charge on any atom is -0.326 e. The van der Waals surface area contributed by atoms with Crippen LogP contribution >= 0.6 is 0 Å². The normalized spacial score (nSPS) is 11.4. The largest absolute Gasteiger partial charge is 0.326 e. The van der Waals surface area contributed by atoms with Gasteiger partial charge in [-0.1, -0.05) is 12.1 Å². The van der Waals surface area contributed by atoms with Crippen molar-refractivity contribution in [3.63, 3.8) is 0 Å². The summed E-state index contributed by atoms with van der Waals surface area (Å²) in [6.07, 6.45) is 1.17. The summed E-state index contributed by atoms with van der Waals surface area (Å²) in [4.78, 5) is 0. The van der Waals surface area contributed by atoms with Crippen LogP contribution in [0.25, 0.3) is 0 Å². The van der Waals surface area contributed by atoms with Gasteiger partial charge in [-0.2, -0.15) is 0 Å².